The summed E-state index contributed by atoms with van der Waals surface area (Å²) in [4.78, 5) is 15.6. The van der Waals surface area contributed by atoms with Crippen molar-refractivity contribution in [2.45, 2.75) is 130 Å². The average Bonchev–Trinajstić information content (AvgIpc) is 3.03. The minimum absolute atomic E-state index is 0.00850. The summed E-state index contributed by atoms with van der Waals surface area (Å²) in [6.07, 6.45) is 24.1. The zero-order chi connectivity index (χ0) is 30.5. The number of aryl methyl sites for hydroxylation is 2. The zero-order valence-electron chi connectivity index (χ0n) is 27.4. The van der Waals surface area contributed by atoms with E-state index >= 15 is 0 Å². The second kappa shape index (κ2) is 20.7. The number of hydrogen-bond acceptors (Lipinski definition) is 2. The molecule has 0 aliphatic heterocycles. The number of hydrogen-bond donors (Lipinski definition) is 0. The summed E-state index contributed by atoms with van der Waals surface area (Å²) in [5, 5.41) is 0. The van der Waals surface area contributed by atoms with Gasteiger partial charge in [-0.2, -0.15) is 0 Å². The van der Waals surface area contributed by atoms with Crippen LogP contribution in [0.1, 0.15) is 132 Å². The maximum Gasteiger partial charge on any atom is 0.264 e. The Labute approximate surface area is 262 Å². The van der Waals surface area contributed by atoms with E-state index in [1.54, 1.807) is 0 Å². The Balaban J connectivity index is 1.41. The summed E-state index contributed by atoms with van der Waals surface area (Å²) < 4.78 is 8.20. The van der Waals surface area contributed by atoms with Gasteiger partial charge in [-0.25, -0.2) is 4.57 Å². The molecule has 0 fully saturated rings. The van der Waals surface area contributed by atoms with Gasteiger partial charge in [0.2, 0.25) is 0 Å². The summed E-state index contributed by atoms with van der Waals surface area (Å²) in [5.41, 5.74) is 3.86. The number of carbonyl (C=O) groups excluding carboxylic acids is 1. The van der Waals surface area contributed by atoms with Gasteiger partial charge in [-0.15, -0.1) is 0 Å². The Morgan fingerprint density at radius 3 is 1.95 bits per heavy atom. The van der Waals surface area contributed by atoms with Crippen molar-refractivity contribution in [3.63, 3.8) is 0 Å². The summed E-state index contributed by atoms with van der Waals surface area (Å²) >= 11 is 0. The predicted octanol–water partition coefficient (Wildman–Crippen LogP) is 10.4. The van der Waals surface area contributed by atoms with Crippen LogP contribution in [0.5, 0.6) is 5.75 Å². The molecule has 3 aromatic rings. The number of aromatic nitrogens is 1. The van der Waals surface area contributed by atoms with E-state index in [9.17, 15) is 4.79 Å². The highest BCUT2D eigenvalue weighted by molar-refractivity contribution is 6.05. The topological polar surface area (TPSA) is 33.4 Å². The van der Waals surface area contributed by atoms with Crippen molar-refractivity contribution in [3.05, 3.63) is 89.7 Å². The third-order valence-corrected chi connectivity index (χ3v) is 8.31. The molecule has 3 rings (SSSR count). The maximum atomic E-state index is 13.7. The summed E-state index contributed by atoms with van der Waals surface area (Å²) in [6.45, 7) is 8.71. The van der Waals surface area contributed by atoms with Crippen molar-refractivity contribution in [1.29, 1.82) is 0 Å². The molecule has 0 atom stereocenters. The smallest absolute Gasteiger partial charge is 0.264 e. The van der Waals surface area contributed by atoms with E-state index in [0.717, 1.165) is 48.6 Å². The van der Waals surface area contributed by atoms with Crippen LogP contribution >= 0.6 is 0 Å². The quantitative estimate of drug-likeness (QED) is 0.0868. The Morgan fingerprint density at radius 2 is 1.35 bits per heavy atom. The molecule has 4 nitrogen and oxygen atoms in total. The predicted molar refractivity (Wildman–Crippen MR) is 181 cm³/mol. The largest absolute Gasteiger partial charge is 0.494 e. The van der Waals surface area contributed by atoms with E-state index in [2.05, 4.69) is 43.5 Å². The molecule has 0 unspecified atom stereocenters. The molecule has 0 aliphatic carbocycles. The number of nitrogens with zero attached hydrogens (tertiary/aromatic N) is 2. The Morgan fingerprint density at radius 1 is 0.721 bits per heavy atom. The molecule has 1 amide bonds. The van der Waals surface area contributed by atoms with E-state index in [1.165, 1.54) is 83.5 Å². The maximum absolute atomic E-state index is 13.7. The van der Waals surface area contributed by atoms with Crippen molar-refractivity contribution >= 4 is 11.6 Å². The SMILES string of the molecule is CCCCCCCCCCCCCCCCOc1ccc(CN(C(=O)c2ccc[n+](CCC)c2)c2ccccc2)c(C)c1. The van der Waals surface area contributed by atoms with Crippen LogP contribution in [0.2, 0.25) is 0 Å². The van der Waals surface area contributed by atoms with Crippen LogP contribution in [-0.2, 0) is 13.1 Å². The van der Waals surface area contributed by atoms with Crippen molar-refractivity contribution < 1.29 is 14.1 Å². The number of ether oxygens (including phenoxy) is 1. The number of para-hydroxylation sites is 1. The second-order valence-electron chi connectivity index (χ2n) is 12.1. The monoisotopic (exact) mass is 585 g/mol. The lowest BCUT2D eigenvalue weighted by atomic mass is 10.0. The molecule has 4 heteroatoms. The highest BCUT2D eigenvalue weighted by atomic mass is 16.5. The third-order valence-electron chi connectivity index (χ3n) is 8.31. The van der Waals surface area contributed by atoms with Gasteiger partial charge < -0.3 is 9.64 Å². The number of amides is 1. The first kappa shape index (κ1) is 34.4. The highest BCUT2D eigenvalue weighted by Crippen LogP contribution is 2.24. The number of benzene rings is 2. The Hall–Kier alpha value is -3.14. The molecule has 2 aromatic carbocycles. The molecule has 43 heavy (non-hydrogen) atoms. The van der Waals surface area contributed by atoms with Crippen LogP contribution in [0.3, 0.4) is 0 Å². The van der Waals surface area contributed by atoms with Gasteiger partial charge in [-0.1, -0.05) is 122 Å². The standard InChI is InChI=1S/C39H57N2O2/c1-4-6-7-8-9-10-11-12-13-14-15-16-17-21-30-43-38-27-26-35(34(3)31-38)33-41(37-24-19-18-20-25-37)39(42)36-23-22-29-40(32-36)28-5-2/h18-20,22-27,29,31-32H,4-17,21,28,30,33H2,1-3H3/q+1. The third kappa shape index (κ3) is 12.9. The van der Waals surface area contributed by atoms with Crippen molar-refractivity contribution in [2.24, 2.45) is 0 Å². The minimum Gasteiger partial charge on any atom is -0.494 e. The average molecular weight is 586 g/mol. The highest BCUT2D eigenvalue weighted by Gasteiger charge is 2.21. The zero-order valence-corrected chi connectivity index (χ0v) is 27.4. The molecule has 0 saturated heterocycles. The van der Waals surface area contributed by atoms with E-state index in [1.807, 2.05) is 59.8 Å². The molecular weight excluding hydrogens is 528 g/mol. The van der Waals surface area contributed by atoms with Crippen LogP contribution in [0.15, 0.2) is 73.1 Å². The molecule has 0 aliphatic rings. The van der Waals surface area contributed by atoms with Gasteiger partial charge in [0.1, 0.15) is 17.9 Å². The number of carbonyl (C=O) groups is 1. The molecule has 1 aromatic heterocycles. The fourth-order valence-electron chi connectivity index (χ4n) is 5.68. The molecule has 0 radical (unpaired) electrons. The lowest BCUT2D eigenvalue weighted by Crippen LogP contribution is -2.36. The molecule has 1 heterocycles. The van der Waals surface area contributed by atoms with Gasteiger partial charge in [0.15, 0.2) is 12.4 Å². The van der Waals surface area contributed by atoms with Gasteiger partial charge in [0.05, 0.1) is 13.2 Å². The summed E-state index contributed by atoms with van der Waals surface area (Å²) in [6, 6.07) is 20.1. The van der Waals surface area contributed by atoms with Gasteiger partial charge in [0.25, 0.3) is 5.91 Å². The van der Waals surface area contributed by atoms with Gasteiger partial charge in [-0.3, -0.25) is 4.79 Å². The van der Waals surface area contributed by atoms with Crippen LogP contribution < -0.4 is 14.2 Å². The molecule has 0 bridgehead atoms. The lowest BCUT2D eigenvalue weighted by Gasteiger charge is -2.24. The number of pyridine rings is 1. The normalized spacial score (nSPS) is 11.0. The van der Waals surface area contributed by atoms with E-state index < -0.39 is 0 Å². The molecular formula is C39H57N2O2+. The first-order chi connectivity index (χ1) is 21.1. The Bertz CT molecular complexity index is 1180. The number of rotatable bonds is 22. The Kier molecular flexibility index (Phi) is 16.5. The first-order valence-corrected chi connectivity index (χ1v) is 17.2. The van der Waals surface area contributed by atoms with Gasteiger partial charge in [-0.05, 0) is 54.8 Å². The van der Waals surface area contributed by atoms with E-state index in [-0.39, 0.29) is 5.91 Å². The lowest BCUT2D eigenvalue weighted by molar-refractivity contribution is -0.697. The fraction of sp³-hybridized carbons (Fsp3) is 0.538. The molecule has 234 valence electrons. The first-order valence-electron chi connectivity index (χ1n) is 17.2. The summed E-state index contributed by atoms with van der Waals surface area (Å²) in [7, 11) is 0. The summed E-state index contributed by atoms with van der Waals surface area (Å²) in [5.74, 6) is 0.923. The van der Waals surface area contributed by atoms with E-state index in [0.29, 0.717) is 12.1 Å². The number of unbranched alkanes of at least 4 members (excludes halogenated alkanes) is 13. The van der Waals surface area contributed by atoms with Crippen molar-refractivity contribution in [1.82, 2.24) is 0 Å². The van der Waals surface area contributed by atoms with Crippen LogP contribution in [0.4, 0.5) is 5.69 Å². The van der Waals surface area contributed by atoms with Gasteiger partial charge >= 0.3 is 0 Å². The fourth-order valence-corrected chi connectivity index (χ4v) is 5.68. The van der Waals surface area contributed by atoms with E-state index in [4.69, 9.17) is 4.74 Å². The van der Waals surface area contributed by atoms with Crippen molar-refractivity contribution in [2.75, 3.05) is 11.5 Å². The van der Waals surface area contributed by atoms with Crippen LogP contribution in [0, 0.1) is 6.92 Å². The molecule has 0 saturated carbocycles. The molecule has 0 spiro atoms. The van der Waals surface area contributed by atoms with Crippen molar-refractivity contribution in [3.8, 4) is 5.75 Å². The van der Waals surface area contributed by atoms with Crippen LogP contribution in [0.25, 0.3) is 0 Å². The minimum atomic E-state index is 0.00850. The molecule has 0 N–H and O–H groups in total. The second-order valence-corrected chi connectivity index (χ2v) is 12.1. The number of anilines is 1. The van der Waals surface area contributed by atoms with Crippen LogP contribution in [-0.4, -0.2) is 12.5 Å². The van der Waals surface area contributed by atoms with Gasteiger partial charge in [0, 0.05) is 18.2 Å².